The topological polar surface area (TPSA) is 166 Å². The Morgan fingerprint density at radius 3 is 0.558 bits per heavy atom. The molecule has 10 aromatic rings. The van der Waals surface area contributed by atoms with E-state index in [1.54, 1.807) is 0 Å². The zero-order chi connectivity index (χ0) is 67.8. The third kappa shape index (κ3) is 32.2. The maximum absolute atomic E-state index is 2.38. The molecule has 20 N–H and O–H groups in total. The first-order valence-electron chi connectivity index (χ1n) is 35.3. The van der Waals surface area contributed by atoms with Gasteiger partial charge in [-0.25, -0.2) is 0 Å². The summed E-state index contributed by atoms with van der Waals surface area (Å²) in [5.74, 6) is 1.55. The second kappa shape index (κ2) is 43.7. The summed E-state index contributed by atoms with van der Waals surface area (Å²) in [4.78, 5) is 0. The smallest absolute Gasteiger partial charge is 0.135 e. The van der Waals surface area contributed by atoms with E-state index in [4.69, 9.17) is 0 Å². The fraction of sp³-hybridized carbons (Fsp3) is 0.294. The van der Waals surface area contributed by atoms with Crippen molar-refractivity contribution in [2.45, 2.75) is 152 Å². The first-order chi connectivity index (χ1) is 46.1. The molecule has 0 fully saturated rings. The van der Waals surface area contributed by atoms with E-state index in [1.807, 2.05) is 30.3 Å². The van der Waals surface area contributed by atoms with E-state index in [-0.39, 0.29) is 0 Å². The highest BCUT2D eigenvalue weighted by Crippen LogP contribution is 2.14. The summed E-state index contributed by atoms with van der Waals surface area (Å²) in [6, 6.07) is 99.3. The van der Waals surface area contributed by atoms with Crippen LogP contribution in [0.2, 0.25) is 0 Å². The predicted octanol–water partition coefficient (Wildman–Crippen LogP) is 12.7. The second-order valence-corrected chi connectivity index (χ2v) is 26.7. The molecule has 0 aliphatic rings. The molecular formula is C85H120N10+10. The minimum Gasteiger partial charge on any atom is -0.312 e. The number of quaternary nitrogens is 10. The van der Waals surface area contributed by atoms with E-state index in [9.17, 15) is 0 Å². The van der Waals surface area contributed by atoms with Crippen molar-refractivity contribution < 1.29 is 53.2 Å². The minimum atomic E-state index is 0.638. The van der Waals surface area contributed by atoms with E-state index in [2.05, 4.69) is 379 Å². The van der Waals surface area contributed by atoms with Gasteiger partial charge in [-0.1, -0.05) is 139 Å². The normalized spacial score (nSPS) is 12.4. The highest BCUT2D eigenvalue weighted by Gasteiger charge is 2.13. The standard InChI is InChI=1S/C19H26N2.C18H16N2.C18H24N2.C16H20N2.C14H24N2/c1-15(2)9-10-16(3)20-18-11-13-19(14-12-18)21-17-7-5-4-6-8-17;1-3-7-15(8-4-1)19-17-11-13-18(14-12-17)20-16-9-5-2-6-10-16;1-14(2)13-15(3)19-17-9-11-18(12-10-17)20-16-7-5-4-6-8-16;1-3-13(2)17-15-9-11-16(12-10-15)18-14-7-5-4-6-8-14;1-5-11(3)15-13-7-9-14(10-8-13)16-12(4)6-2/h4-8,11-16,20-21H,9-10H2,1-3H3;1-14,19-20H;4-12,14-15,19-20H,13H2,1-3H3;4-13,17-18H,3H2,1-2H3;7-12,15-16H,5-6H2,1-4H3/p+10. The average molecular weight is 1280 g/mol. The molecule has 0 bridgehead atoms. The van der Waals surface area contributed by atoms with Crippen LogP contribution < -0.4 is 53.2 Å². The number of hydrogen-bond acceptors (Lipinski definition) is 0. The maximum Gasteiger partial charge on any atom is 0.135 e. The Morgan fingerprint density at radius 2 is 0.368 bits per heavy atom. The lowest BCUT2D eigenvalue weighted by Crippen LogP contribution is -2.84. The Balaban J connectivity index is 0.000000189. The molecule has 10 nitrogen and oxygen atoms in total. The van der Waals surface area contributed by atoms with Gasteiger partial charge in [0.05, 0.1) is 30.2 Å². The summed E-state index contributed by atoms with van der Waals surface area (Å²) in [6.45, 7) is 27.2. The summed E-state index contributed by atoms with van der Waals surface area (Å²) in [6.07, 6.45) is 7.43. The van der Waals surface area contributed by atoms with Gasteiger partial charge in [0.25, 0.3) is 0 Å². The fourth-order valence-corrected chi connectivity index (χ4v) is 10.7. The number of rotatable bonds is 28. The predicted molar refractivity (Wildman–Crippen MR) is 400 cm³/mol. The summed E-state index contributed by atoms with van der Waals surface area (Å²) in [5.41, 5.74) is 19.1. The molecule has 0 aliphatic heterocycles. The third-order valence-corrected chi connectivity index (χ3v) is 16.7. The van der Waals surface area contributed by atoms with Gasteiger partial charge in [0.2, 0.25) is 0 Å². The Morgan fingerprint density at radius 1 is 0.189 bits per heavy atom. The van der Waals surface area contributed by atoms with Crippen LogP contribution in [0.5, 0.6) is 0 Å². The van der Waals surface area contributed by atoms with Gasteiger partial charge in [-0.2, -0.15) is 0 Å². The molecule has 0 saturated carbocycles. The van der Waals surface area contributed by atoms with Crippen molar-refractivity contribution in [2.75, 3.05) is 0 Å². The van der Waals surface area contributed by atoms with E-state index in [1.165, 1.54) is 124 Å². The van der Waals surface area contributed by atoms with Gasteiger partial charge >= 0.3 is 0 Å². The largest absolute Gasteiger partial charge is 0.312 e. The van der Waals surface area contributed by atoms with Crippen molar-refractivity contribution >= 4 is 85.3 Å². The fourth-order valence-electron chi connectivity index (χ4n) is 10.7. The molecule has 10 heteroatoms. The average Bonchev–Trinajstić information content (AvgIpc) is 1.42. The molecule has 0 aromatic heterocycles. The molecule has 5 unspecified atom stereocenters. The molecule has 10 aromatic carbocycles. The first kappa shape index (κ1) is 75.8. The van der Waals surface area contributed by atoms with Crippen molar-refractivity contribution in [1.29, 1.82) is 0 Å². The van der Waals surface area contributed by atoms with E-state index in [0.29, 0.717) is 30.2 Å². The number of hydrogen-bond donors (Lipinski definition) is 10. The molecule has 500 valence electrons. The van der Waals surface area contributed by atoms with Crippen LogP contribution in [0.1, 0.15) is 122 Å². The second-order valence-electron chi connectivity index (χ2n) is 26.7. The summed E-state index contributed by atoms with van der Waals surface area (Å²) < 4.78 is 0. The minimum absolute atomic E-state index is 0.638. The van der Waals surface area contributed by atoms with Crippen LogP contribution >= 0.6 is 0 Å². The monoisotopic (exact) mass is 1280 g/mol. The number of para-hydroxylation sites is 5. The van der Waals surface area contributed by atoms with E-state index < -0.39 is 0 Å². The van der Waals surface area contributed by atoms with Crippen molar-refractivity contribution in [3.63, 3.8) is 0 Å². The highest BCUT2D eigenvalue weighted by molar-refractivity contribution is 5.46. The lowest BCUT2D eigenvalue weighted by atomic mass is 10.0. The molecule has 0 amide bonds. The SMILES string of the molecule is CC(C)CC(C)[NH2+]c1ccc([NH2+]c2ccccc2)cc1.CC(C)CCC(C)[NH2+]c1ccc([NH2+]c2ccccc2)cc1.CCC(C)[NH2+]c1ccc([NH2+]C(C)CC)cc1.CCC(C)[NH2+]c1ccc([NH2+]c2ccccc2)cc1.c1ccc([NH2+]c2ccc([NH2+]c3ccccc3)cc2)cc1. The highest BCUT2D eigenvalue weighted by atomic mass is 14.9. The van der Waals surface area contributed by atoms with Crippen molar-refractivity contribution in [3.05, 3.63) is 273 Å². The van der Waals surface area contributed by atoms with Crippen LogP contribution in [-0.4, -0.2) is 30.2 Å². The molecule has 0 radical (unpaired) electrons. The molecule has 5 atom stereocenters. The van der Waals surface area contributed by atoms with Crippen molar-refractivity contribution in [2.24, 2.45) is 11.8 Å². The van der Waals surface area contributed by atoms with Crippen LogP contribution in [0.15, 0.2) is 273 Å². The molecule has 0 heterocycles. The number of benzene rings is 10. The van der Waals surface area contributed by atoms with Crippen LogP contribution in [0, 0.1) is 11.8 Å². The molecule has 95 heavy (non-hydrogen) atoms. The summed E-state index contributed by atoms with van der Waals surface area (Å²) in [7, 11) is 0. The van der Waals surface area contributed by atoms with Crippen molar-refractivity contribution in [1.82, 2.24) is 0 Å². The Labute approximate surface area is 572 Å². The summed E-state index contributed by atoms with van der Waals surface area (Å²) >= 11 is 0. The Hall–Kier alpha value is -8.20. The van der Waals surface area contributed by atoms with Crippen molar-refractivity contribution in [3.8, 4) is 0 Å². The van der Waals surface area contributed by atoms with Crippen LogP contribution in [0.25, 0.3) is 0 Å². The van der Waals surface area contributed by atoms with E-state index in [0.717, 1.165) is 11.8 Å². The zero-order valence-corrected chi connectivity index (χ0v) is 59.5. The lowest BCUT2D eigenvalue weighted by molar-refractivity contribution is -0.610. The van der Waals surface area contributed by atoms with Gasteiger partial charge in [0.15, 0.2) is 0 Å². The van der Waals surface area contributed by atoms with Gasteiger partial charge in [-0.15, -0.1) is 0 Å². The quantitative estimate of drug-likeness (QED) is 0.0211. The molecule has 0 aliphatic carbocycles. The van der Waals surface area contributed by atoms with E-state index >= 15 is 0 Å². The third-order valence-electron chi connectivity index (χ3n) is 16.7. The molecule has 0 saturated heterocycles. The Bertz CT molecular complexity index is 3430. The molecule has 0 spiro atoms. The Kier molecular flexibility index (Phi) is 34.9. The first-order valence-corrected chi connectivity index (χ1v) is 35.3. The van der Waals surface area contributed by atoms with Gasteiger partial charge in [0.1, 0.15) is 85.3 Å². The summed E-state index contributed by atoms with van der Waals surface area (Å²) in [5, 5.41) is 22.8. The van der Waals surface area contributed by atoms with Gasteiger partial charge in [0, 0.05) is 128 Å². The lowest BCUT2D eigenvalue weighted by Gasteiger charge is -2.12. The van der Waals surface area contributed by atoms with Gasteiger partial charge in [-0.05, 0) is 139 Å². The molecular weight excluding hydrogens is 1160 g/mol. The van der Waals surface area contributed by atoms with Crippen LogP contribution in [0.4, 0.5) is 85.3 Å². The zero-order valence-electron chi connectivity index (χ0n) is 59.5. The molecule has 10 rings (SSSR count). The number of nitrogens with two attached hydrogens (primary N) is 10. The van der Waals surface area contributed by atoms with Crippen LogP contribution in [-0.2, 0) is 0 Å². The maximum atomic E-state index is 2.38. The van der Waals surface area contributed by atoms with Gasteiger partial charge < -0.3 is 26.6 Å². The van der Waals surface area contributed by atoms with Gasteiger partial charge in [-0.3, -0.25) is 26.6 Å². The van der Waals surface area contributed by atoms with Crippen LogP contribution in [0.3, 0.4) is 0 Å².